The molecule has 0 atom stereocenters. The van der Waals surface area contributed by atoms with Crippen molar-refractivity contribution in [2.45, 2.75) is 12.7 Å². The third kappa shape index (κ3) is 3.19. The Morgan fingerprint density at radius 3 is 2.70 bits per heavy atom. The second-order valence-corrected chi connectivity index (χ2v) is 5.82. The summed E-state index contributed by atoms with van der Waals surface area (Å²) in [6, 6.07) is 8.40. The van der Waals surface area contributed by atoms with Crippen molar-refractivity contribution >= 4 is 27.5 Å². The van der Waals surface area contributed by atoms with Gasteiger partial charge in [0.1, 0.15) is 6.54 Å². The van der Waals surface area contributed by atoms with Crippen LogP contribution in [-0.4, -0.2) is 20.3 Å². The number of halogens is 3. The monoisotopic (exact) mass is 340 g/mol. The first-order chi connectivity index (χ1) is 10.8. The number of carbonyl (C=O) groups excluding carboxylic acids is 1. The average molecular weight is 340 g/mol. The maximum absolute atomic E-state index is 12.5. The van der Waals surface area contributed by atoms with E-state index in [9.17, 15) is 18.0 Å². The second kappa shape index (κ2) is 5.65. The molecule has 0 radical (unpaired) electrons. The van der Waals surface area contributed by atoms with Crippen LogP contribution >= 0.6 is 11.3 Å². The Kier molecular flexibility index (Phi) is 3.80. The van der Waals surface area contributed by atoms with Gasteiger partial charge in [0, 0.05) is 13.2 Å². The van der Waals surface area contributed by atoms with Gasteiger partial charge in [0.05, 0.1) is 10.2 Å². The van der Waals surface area contributed by atoms with Crippen LogP contribution in [0.5, 0.6) is 0 Å². The summed E-state index contributed by atoms with van der Waals surface area (Å²) < 4.78 is 41.1. The fourth-order valence-electron chi connectivity index (χ4n) is 2.07. The number of carbonyl (C=O) groups is 1. The zero-order valence-electron chi connectivity index (χ0n) is 11.9. The molecule has 0 aliphatic rings. The number of rotatable bonds is 2. The normalized spacial score (nSPS) is 13.0. The Bertz CT molecular complexity index is 935. The Hall–Kier alpha value is -2.42. The first kappa shape index (κ1) is 15.5. The molecule has 3 aromatic rings. The summed E-state index contributed by atoms with van der Waals surface area (Å²) in [5.74, 6) is -0.566. The standard InChI is InChI=1S/C14H11F3N4OS/c1-20-9-4-2-3-5-10(9)23-13(20)18-12(22)8-21-7-6-11(19-21)14(15,16)17/h2-7H,8H2,1H3. The molecule has 3 rings (SSSR count). The van der Waals surface area contributed by atoms with Gasteiger partial charge in [-0.3, -0.25) is 9.48 Å². The van der Waals surface area contributed by atoms with Gasteiger partial charge in [-0.25, -0.2) is 0 Å². The highest BCUT2D eigenvalue weighted by Gasteiger charge is 2.33. The zero-order chi connectivity index (χ0) is 16.6. The summed E-state index contributed by atoms with van der Waals surface area (Å²) in [4.78, 5) is 16.4. The van der Waals surface area contributed by atoms with E-state index >= 15 is 0 Å². The molecule has 5 nitrogen and oxygen atoms in total. The third-order valence-corrected chi connectivity index (χ3v) is 4.28. The molecular formula is C14H11F3N4OS. The summed E-state index contributed by atoms with van der Waals surface area (Å²) in [5.41, 5.74) is -0.0970. The van der Waals surface area contributed by atoms with E-state index in [2.05, 4.69) is 10.1 Å². The van der Waals surface area contributed by atoms with Gasteiger partial charge in [0.2, 0.25) is 0 Å². The number of fused-ring (bicyclic) bond motifs is 1. The molecule has 2 aromatic heterocycles. The van der Waals surface area contributed by atoms with Crippen LogP contribution in [0.1, 0.15) is 5.69 Å². The van der Waals surface area contributed by atoms with E-state index in [-0.39, 0.29) is 6.54 Å². The SMILES string of the molecule is Cn1c(=NC(=O)Cn2ccc(C(F)(F)F)n2)sc2ccccc21. The Morgan fingerprint density at radius 1 is 1.30 bits per heavy atom. The molecule has 1 aromatic carbocycles. The Labute approximate surface area is 132 Å². The number of hydrogen-bond acceptors (Lipinski definition) is 3. The van der Waals surface area contributed by atoms with E-state index in [4.69, 9.17) is 0 Å². The van der Waals surface area contributed by atoms with Gasteiger partial charge in [0.25, 0.3) is 5.91 Å². The smallest absolute Gasteiger partial charge is 0.319 e. The van der Waals surface area contributed by atoms with E-state index < -0.39 is 17.8 Å². The molecule has 0 bridgehead atoms. The van der Waals surface area contributed by atoms with Crippen LogP contribution in [0.3, 0.4) is 0 Å². The number of aryl methyl sites for hydroxylation is 1. The zero-order valence-corrected chi connectivity index (χ0v) is 12.7. The lowest BCUT2D eigenvalue weighted by atomic mass is 10.3. The van der Waals surface area contributed by atoms with Crippen LogP contribution < -0.4 is 4.80 Å². The highest BCUT2D eigenvalue weighted by atomic mass is 32.1. The number of para-hydroxylation sites is 1. The molecule has 1 amide bonds. The van der Waals surface area contributed by atoms with Gasteiger partial charge < -0.3 is 4.57 Å². The number of aromatic nitrogens is 3. The molecular weight excluding hydrogens is 329 g/mol. The van der Waals surface area contributed by atoms with E-state index in [1.54, 1.807) is 11.6 Å². The van der Waals surface area contributed by atoms with E-state index in [1.165, 1.54) is 11.3 Å². The summed E-state index contributed by atoms with van der Waals surface area (Å²) in [6.07, 6.45) is -3.41. The van der Waals surface area contributed by atoms with Crippen LogP contribution in [0, 0.1) is 0 Å². The van der Waals surface area contributed by atoms with Crippen molar-refractivity contribution < 1.29 is 18.0 Å². The van der Waals surface area contributed by atoms with Crippen molar-refractivity contribution in [1.82, 2.24) is 14.3 Å². The summed E-state index contributed by atoms with van der Waals surface area (Å²) in [7, 11) is 1.78. The molecule has 0 fully saturated rings. The molecule has 0 saturated heterocycles. The van der Waals surface area contributed by atoms with Crippen LogP contribution in [0.4, 0.5) is 13.2 Å². The van der Waals surface area contributed by atoms with Gasteiger partial charge in [-0.1, -0.05) is 23.5 Å². The highest BCUT2D eigenvalue weighted by molar-refractivity contribution is 7.16. The van der Waals surface area contributed by atoms with Gasteiger partial charge >= 0.3 is 6.18 Å². The quantitative estimate of drug-likeness (QED) is 0.720. The van der Waals surface area contributed by atoms with Crippen molar-refractivity contribution in [3.63, 3.8) is 0 Å². The van der Waals surface area contributed by atoms with Crippen molar-refractivity contribution in [3.05, 3.63) is 47.0 Å². The molecule has 0 aliphatic heterocycles. The Balaban J connectivity index is 1.86. The van der Waals surface area contributed by atoms with Crippen LogP contribution in [-0.2, 0) is 24.6 Å². The maximum Gasteiger partial charge on any atom is 0.435 e. The topological polar surface area (TPSA) is 52.2 Å². The van der Waals surface area contributed by atoms with E-state index in [0.29, 0.717) is 4.80 Å². The average Bonchev–Trinajstić information content (AvgIpc) is 3.05. The molecule has 120 valence electrons. The molecule has 23 heavy (non-hydrogen) atoms. The summed E-state index contributed by atoms with van der Waals surface area (Å²) >= 11 is 1.34. The minimum absolute atomic E-state index is 0.343. The fraction of sp³-hybridized carbons (Fsp3) is 0.214. The minimum atomic E-state index is -4.52. The highest BCUT2D eigenvalue weighted by Crippen LogP contribution is 2.27. The van der Waals surface area contributed by atoms with Gasteiger partial charge in [-0.15, -0.1) is 0 Å². The molecule has 0 N–H and O–H groups in total. The predicted octanol–water partition coefficient (Wildman–Crippen LogP) is 2.58. The molecule has 0 spiro atoms. The lowest BCUT2D eigenvalue weighted by Gasteiger charge is -2.01. The first-order valence-electron chi connectivity index (χ1n) is 6.57. The largest absolute Gasteiger partial charge is 0.435 e. The molecule has 0 unspecified atom stereocenters. The number of thiazole rings is 1. The van der Waals surface area contributed by atoms with Crippen LogP contribution in [0.25, 0.3) is 10.2 Å². The lowest BCUT2D eigenvalue weighted by Crippen LogP contribution is -2.17. The number of nitrogens with zero attached hydrogens (tertiary/aromatic N) is 4. The van der Waals surface area contributed by atoms with Crippen molar-refractivity contribution in [1.29, 1.82) is 0 Å². The molecule has 2 heterocycles. The first-order valence-corrected chi connectivity index (χ1v) is 7.39. The Morgan fingerprint density at radius 2 is 2.04 bits per heavy atom. The predicted molar refractivity (Wildman–Crippen MR) is 78.6 cm³/mol. The summed E-state index contributed by atoms with van der Waals surface area (Å²) in [6.45, 7) is -0.343. The molecule has 9 heteroatoms. The van der Waals surface area contributed by atoms with E-state index in [0.717, 1.165) is 27.2 Å². The molecule has 0 saturated carbocycles. The van der Waals surface area contributed by atoms with Crippen molar-refractivity contribution in [2.24, 2.45) is 12.0 Å². The summed E-state index contributed by atoms with van der Waals surface area (Å²) in [5, 5.41) is 3.34. The maximum atomic E-state index is 12.5. The number of alkyl halides is 3. The van der Waals surface area contributed by atoms with E-state index in [1.807, 2.05) is 24.3 Å². The van der Waals surface area contributed by atoms with Crippen LogP contribution in [0.15, 0.2) is 41.5 Å². The number of benzene rings is 1. The van der Waals surface area contributed by atoms with Gasteiger partial charge in [-0.2, -0.15) is 23.3 Å². The van der Waals surface area contributed by atoms with Gasteiger partial charge in [-0.05, 0) is 18.2 Å². The van der Waals surface area contributed by atoms with Gasteiger partial charge in [0.15, 0.2) is 10.5 Å². The minimum Gasteiger partial charge on any atom is -0.319 e. The van der Waals surface area contributed by atoms with Crippen molar-refractivity contribution in [3.8, 4) is 0 Å². The third-order valence-electron chi connectivity index (χ3n) is 3.16. The number of amides is 1. The van der Waals surface area contributed by atoms with Crippen LogP contribution in [0.2, 0.25) is 0 Å². The molecule has 0 aliphatic carbocycles. The lowest BCUT2D eigenvalue weighted by molar-refractivity contribution is -0.141. The number of hydrogen-bond donors (Lipinski definition) is 0. The van der Waals surface area contributed by atoms with Crippen molar-refractivity contribution in [2.75, 3.05) is 0 Å². The fourth-order valence-corrected chi connectivity index (χ4v) is 3.11. The second-order valence-electron chi connectivity index (χ2n) is 4.81.